The minimum Gasteiger partial charge on any atom is -0.497 e. The number of hydrogen-bond donors (Lipinski definition) is 0. The average molecular weight is 298 g/mol. The maximum absolute atomic E-state index is 12.5. The third-order valence-corrected chi connectivity index (χ3v) is 4.83. The Bertz CT molecular complexity index is 593. The molecule has 0 atom stereocenters. The lowest BCUT2D eigenvalue weighted by atomic mass is 10.3. The van der Waals surface area contributed by atoms with Crippen molar-refractivity contribution in [3.05, 3.63) is 18.2 Å². The number of benzene rings is 1. The highest BCUT2D eigenvalue weighted by Crippen LogP contribution is 2.30. The lowest BCUT2D eigenvalue weighted by molar-refractivity contribution is 0.381. The second-order valence-electron chi connectivity index (χ2n) is 3.92. The topological polar surface area (TPSA) is 79.6 Å². The third kappa shape index (κ3) is 3.40. The molecule has 7 heteroatoms. The fourth-order valence-electron chi connectivity index (χ4n) is 1.75. The van der Waals surface area contributed by atoms with Gasteiger partial charge in [-0.05, 0) is 12.1 Å². The van der Waals surface area contributed by atoms with E-state index in [-0.39, 0.29) is 23.6 Å². The van der Waals surface area contributed by atoms with E-state index in [0.717, 1.165) is 0 Å². The second kappa shape index (κ2) is 7.12. The molecule has 0 bridgehead atoms. The van der Waals surface area contributed by atoms with Crippen LogP contribution in [0.3, 0.4) is 0 Å². The Hall–Kier alpha value is -1.78. The van der Waals surface area contributed by atoms with Gasteiger partial charge in [0.05, 0.1) is 20.3 Å². The molecule has 0 saturated heterocycles. The van der Waals surface area contributed by atoms with Crippen LogP contribution in [-0.4, -0.2) is 40.0 Å². The normalized spacial score (nSPS) is 11.2. The minimum atomic E-state index is -3.69. The Labute approximate surface area is 119 Å². The summed E-state index contributed by atoms with van der Waals surface area (Å²) in [5.41, 5.74) is 0. The van der Waals surface area contributed by atoms with Gasteiger partial charge < -0.3 is 9.47 Å². The Morgan fingerprint density at radius 3 is 2.50 bits per heavy atom. The molecule has 0 heterocycles. The van der Waals surface area contributed by atoms with Crippen molar-refractivity contribution in [2.24, 2.45) is 0 Å². The molecule has 0 saturated carbocycles. The van der Waals surface area contributed by atoms with Crippen LogP contribution in [-0.2, 0) is 10.0 Å². The molecule has 1 aromatic rings. The molecule has 0 spiro atoms. The van der Waals surface area contributed by atoms with Gasteiger partial charge in [0.25, 0.3) is 0 Å². The van der Waals surface area contributed by atoms with Gasteiger partial charge in [-0.2, -0.15) is 9.57 Å². The molecular formula is C13H18N2O4S. The Morgan fingerprint density at radius 2 is 2.00 bits per heavy atom. The van der Waals surface area contributed by atoms with Crippen LogP contribution in [0.4, 0.5) is 0 Å². The summed E-state index contributed by atoms with van der Waals surface area (Å²) in [5, 5.41) is 8.60. The zero-order chi connectivity index (χ0) is 15.2. The fourth-order valence-corrected chi connectivity index (χ4v) is 3.34. The van der Waals surface area contributed by atoms with Crippen molar-refractivity contribution in [2.45, 2.75) is 18.2 Å². The summed E-state index contributed by atoms with van der Waals surface area (Å²) in [7, 11) is -0.793. The molecule has 6 nitrogen and oxygen atoms in total. The zero-order valence-electron chi connectivity index (χ0n) is 11.8. The molecule has 0 N–H and O–H groups in total. The van der Waals surface area contributed by atoms with Crippen molar-refractivity contribution in [1.29, 1.82) is 5.26 Å². The van der Waals surface area contributed by atoms with Crippen molar-refractivity contribution in [2.75, 3.05) is 27.3 Å². The van der Waals surface area contributed by atoms with E-state index in [9.17, 15) is 8.42 Å². The van der Waals surface area contributed by atoms with E-state index in [2.05, 4.69) is 0 Å². The molecule has 0 aliphatic heterocycles. The van der Waals surface area contributed by atoms with Gasteiger partial charge in [-0.3, -0.25) is 0 Å². The quantitative estimate of drug-likeness (QED) is 0.764. The van der Waals surface area contributed by atoms with E-state index in [1.807, 2.05) is 6.07 Å². The van der Waals surface area contributed by atoms with E-state index in [1.165, 1.54) is 30.7 Å². The Balaban J connectivity index is 3.23. The molecule has 0 fully saturated rings. The summed E-state index contributed by atoms with van der Waals surface area (Å²) < 4.78 is 36.5. The molecule has 1 aromatic carbocycles. The van der Waals surface area contributed by atoms with Crippen LogP contribution in [0.25, 0.3) is 0 Å². The maximum atomic E-state index is 12.5. The van der Waals surface area contributed by atoms with Crippen molar-refractivity contribution < 1.29 is 17.9 Å². The number of ether oxygens (including phenoxy) is 2. The first-order valence-electron chi connectivity index (χ1n) is 6.10. The van der Waals surface area contributed by atoms with Gasteiger partial charge in [0.1, 0.15) is 16.4 Å². The maximum Gasteiger partial charge on any atom is 0.246 e. The van der Waals surface area contributed by atoms with E-state index < -0.39 is 10.0 Å². The number of nitriles is 1. The molecule has 0 unspecified atom stereocenters. The highest BCUT2D eigenvalue weighted by Gasteiger charge is 2.26. The summed E-state index contributed by atoms with van der Waals surface area (Å²) in [6.07, 6.45) is 0.144. The van der Waals surface area contributed by atoms with Gasteiger partial charge in [-0.15, -0.1) is 0 Å². The van der Waals surface area contributed by atoms with Crippen LogP contribution < -0.4 is 9.47 Å². The van der Waals surface area contributed by atoms with Crippen molar-refractivity contribution in [1.82, 2.24) is 4.31 Å². The number of sulfonamides is 1. The molecule has 20 heavy (non-hydrogen) atoms. The predicted molar refractivity (Wildman–Crippen MR) is 74.2 cm³/mol. The summed E-state index contributed by atoms with van der Waals surface area (Å²) in [6.45, 7) is 2.18. The molecule has 0 radical (unpaired) electrons. The van der Waals surface area contributed by atoms with Crippen LogP contribution in [0, 0.1) is 11.3 Å². The monoisotopic (exact) mass is 298 g/mol. The zero-order valence-corrected chi connectivity index (χ0v) is 12.6. The van der Waals surface area contributed by atoms with Gasteiger partial charge in [0, 0.05) is 25.6 Å². The Morgan fingerprint density at radius 1 is 1.30 bits per heavy atom. The smallest absolute Gasteiger partial charge is 0.246 e. The fraction of sp³-hybridized carbons (Fsp3) is 0.462. The molecule has 110 valence electrons. The molecule has 1 rings (SSSR count). The largest absolute Gasteiger partial charge is 0.497 e. The first-order chi connectivity index (χ1) is 9.51. The lowest BCUT2D eigenvalue weighted by Gasteiger charge is -2.20. The van der Waals surface area contributed by atoms with E-state index in [0.29, 0.717) is 12.3 Å². The number of nitrogens with zero attached hydrogens (tertiary/aromatic N) is 2. The molecule has 0 amide bonds. The first kappa shape index (κ1) is 16.3. The summed E-state index contributed by atoms with van der Waals surface area (Å²) in [4.78, 5) is 0.0700. The van der Waals surface area contributed by atoms with Crippen LogP contribution >= 0.6 is 0 Å². The van der Waals surface area contributed by atoms with Crippen LogP contribution in [0.1, 0.15) is 13.3 Å². The van der Waals surface area contributed by atoms with E-state index >= 15 is 0 Å². The summed E-state index contributed by atoms with van der Waals surface area (Å²) in [5.74, 6) is 0.737. The molecule has 0 aliphatic rings. The second-order valence-corrected chi connectivity index (χ2v) is 5.83. The van der Waals surface area contributed by atoms with Crippen LogP contribution in [0.5, 0.6) is 11.5 Å². The van der Waals surface area contributed by atoms with E-state index in [4.69, 9.17) is 14.7 Å². The molecule has 0 aliphatic carbocycles. The highest BCUT2D eigenvalue weighted by atomic mass is 32.2. The average Bonchev–Trinajstić information content (AvgIpc) is 2.46. The third-order valence-electron chi connectivity index (χ3n) is 2.81. The van der Waals surface area contributed by atoms with Gasteiger partial charge in [-0.1, -0.05) is 6.92 Å². The highest BCUT2D eigenvalue weighted by molar-refractivity contribution is 7.89. The van der Waals surface area contributed by atoms with Gasteiger partial charge in [0.15, 0.2) is 0 Å². The number of methoxy groups -OCH3 is 2. The standard InChI is InChI=1S/C13H18N2O4S/c1-4-15(9-5-8-14)20(16,17)13-7-6-11(18-2)10-12(13)19-3/h6-7,10H,4-5,9H2,1-3H3. The number of rotatable bonds is 7. The minimum absolute atomic E-state index is 0.0700. The van der Waals surface area contributed by atoms with Crippen molar-refractivity contribution in [3.8, 4) is 17.6 Å². The van der Waals surface area contributed by atoms with Crippen LogP contribution in [0.2, 0.25) is 0 Å². The van der Waals surface area contributed by atoms with Crippen LogP contribution in [0.15, 0.2) is 23.1 Å². The first-order valence-corrected chi connectivity index (χ1v) is 7.54. The summed E-state index contributed by atoms with van der Waals surface area (Å²) in [6, 6.07) is 6.47. The van der Waals surface area contributed by atoms with Gasteiger partial charge >= 0.3 is 0 Å². The summed E-state index contributed by atoms with van der Waals surface area (Å²) >= 11 is 0. The molecule has 0 aromatic heterocycles. The van der Waals surface area contributed by atoms with Crippen molar-refractivity contribution in [3.63, 3.8) is 0 Å². The van der Waals surface area contributed by atoms with E-state index in [1.54, 1.807) is 13.0 Å². The van der Waals surface area contributed by atoms with Gasteiger partial charge in [-0.25, -0.2) is 8.42 Å². The predicted octanol–water partition coefficient (Wildman–Crippen LogP) is 1.63. The van der Waals surface area contributed by atoms with Gasteiger partial charge in [0.2, 0.25) is 10.0 Å². The number of hydrogen-bond acceptors (Lipinski definition) is 5. The molecular weight excluding hydrogens is 280 g/mol. The SMILES string of the molecule is CCN(CCC#N)S(=O)(=O)c1ccc(OC)cc1OC. The Kier molecular flexibility index (Phi) is 5.80. The lowest BCUT2D eigenvalue weighted by Crippen LogP contribution is -2.32. The van der Waals surface area contributed by atoms with Crippen molar-refractivity contribution >= 4 is 10.0 Å².